The lowest BCUT2D eigenvalue weighted by Gasteiger charge is -2.17. The second kappa shape index (κ2) is 7.72. The molecular weight excluding hydrogens is 382 g/mol. The van der Waals surface area contributed by atoms with E-state index in [4.69, 9.17) is 23.2 Å². The molecule has 2 N–H and O–H groups in total. The number of carboxylic acid groups (broad SMARTS) is 1. The highest BCUT2D eigenvalue weighted by Gasteiger charge is 2.21. The van der Waals surface area contributed by atoms with Crippen molar-refractivity contribution in [1.29, 1.82) is 0 Å². The first-order chi connectivity index (χ1) is 12.5. The molecule has 134 valence electrons. The molecule has 0 saturated carbocycles. The van der Waals surface area contributed by atoms with Gasteiger partial charge >= 0.3 is 5.97 Å². The van der Waals surface area contributed by atoms with Crippen LogP contribution in [0, 0.1) is 5.82 Å². The fraction of sp³-hybridized carbons (Fsp3) is 0.118. The molecule has 9 heteroatoms. The number of hydrogen-bond donors (Lipinski definition) is 2. The van der Waals surface area contributed by atoms with Gasteiger partial charge in [-0.25, -0.2) is 4.39 Å². The molecule has 6 nitrogen and oxygen atoms in total. The minimum Gasteiger partial charge on any atom is -0.481 e. The molecule has 3 aromatic rings. The van der Waals surface area contributed by atoms with Crippen LogP contribution in [0.2, 0.25) is 10.0 Å². The van der Waals surface area contributed by atoms with E-state index in [0.717, 1.165) is 0 Å². The number of benzene rings is 2. The summed E-state index contributed by atoms with van der Waals surface area (Å²) in [7, 11) is 0. The molecule has 0 spiro atoms. The minimum absolute atomic E-state index is 0.0341. The fourth-order valence-corrected chi connectivity index (χ4v) is 3.07. The number of carbonyl (C=O) groups is 1. The summed E-state index contributed by atoms with van der Waals surface area (Å²) in [5, 5.41) is 20.5. The second-order valence-corrected chi connectivity index (χ2v) is 6.29. The Morgan fingerprint density at radius 3 is 2.27 bits per heavy atom. The number of aliphatic carboxylic acids is 1. The fourth-order valence-electron chi connectivity index (χ4n) is 2.46. The number of hydrogen-bond acceptors (Lipinski definition) is 4. The van der Waals surface area contributed by atoms with Gasteiger partial charge in [0.1, 0.15) is 18.5 Å². The van der Waals surface area contributed by atoms with Crippen molar-refractivity contribution in [3.05, 3.63) is 70.5 Å². The smallest absolute Gasteiger partial charge is 0.312 e. The maximum absolute atomic E-state index is 13.1. The Morgan fingerprint density at radius 2 is 1.73 bits per heavy atom. The Kier molecular flexibility index (Phi) is 5.39. The molecule has 0 aliphatic heterocycles. The maximum Gasteiger partial charge on any atom is 0.312 e. The molecule has 0 fully saturated rings. The molecule has 0 amide bonds. The number of nitrogens with zero attached hydrogens (tertiary/aromatic N) is 3. The average Bonchev–Trinajstić information content (AvgIpc) is 3.13. The number of anilines is 1. The highest BCUT2D eigenvalue weighted by Crippen LogP contribution is 2.33. The highest BCUT2D eigenvalue weighted by molar-refractivity contribution is 6.39. The zero-order valence-electron chi connectivity index (χ0n) is 13.2. The normalized spacial score (nSPS) is 12.0. The largest absolute Gasteiger partial charge is 0.481 e. The lowest BCUT2D eigenvalue weighted by Crippen LogP contribution is -2.21. The Labute approximate surface area is 158 Å². The van der Waals surface area contributed by atoms with Gasteiger partial charge in [0.2, 0.25) is 0 Å². The van der Waals surface area contributed by atoms with Crippen molar-refractivity contribution in [2.24, 2.45) is 0 Å². The number of halogens is 3. The van der Waals surface area contributed by atoms with Crippen LogP contribution in [0.25, 0.3) is 5.69 Å². The molecule has 1 unspecified atom stereocenters. The summed E-state index contributed by atoms with van der Waals surface area (Å²) in [4.78, 5) is 11.6. The first-order valence-electron chi connectivity index (χ1n) is 7.52. The predicted molar refractivity (Wildman–Crippen MR) is 96.6 cm³/mol. The van der Waals surface area contributed by atoms with E-state index in [2.05, 4.69) is 15.5 Å². The third-order valence-electron chi connectivity index (χ3n) is 3.80. The van der Waals surface area contributed by atoms with Crippen LogP contribution in [0.3, 0.4) is 0 Å². The quantitative estimate of drug-likeness (QED) is 0.660. The SMILES string of the molecule is O=C(O)C(CNc1c(Cl)cc(-n2cnnc2)cc1Cl)c1ccc(F)cc1. The predicted octanol–water partition coefficient (Wildman–Crippen LogP) is 3.99. The Bertz CT molecular complexity index is 894. The van der Waals surface area contributed by atoms with E-state index in [0.29, 0.717) is 27.0 Å². The maximum atomic E-state index is 13.1. The van der Waals surface area contributed by atoms with Crippen LogP contribution in [-0.2, 0) is 4.79 Å². The molecule has 0 bridgehead atoms. The zero-order valence-corrected chi connectivity index (χ0v) is 14.7. The summed E-state index contributed by atoms with van der Waals surface area (Å²) in [6.07, 6.45) is 3.01. The Morgan fingerprint density at radius 1 is 1.15 bits per heavy atom. The van der Waals surface area contributed by atoms with Crippen LogP contribution in [0.4, 0.5) is 10.1 Å². The molecule has 1 aromatic heterocycles. The van der Waals surface area contributed by atoms with Gasteiger partial charge in [0.25, 0.3) is 0 Å². The van der Waals surface area contributed by atoms with Gasteiger partial charge in [0, 0.05) is 6.54 Å². The summed E-state index contributed by atoms with van der Waals surface area (Å²) in [6, 6.07) is 8.64. The lowest BCUT2D eigenvalue weighted by molar-refractivity contribution is -0.138. The van der Waals surface area contributed by atoms with Crippen molar-refractivity contribution in [2.45, 2.75) is 5.92 Å². The van der Waals surface area contributed by atoms with Crippen LogP contribution in [0.5, 0.6) is 0 Å². The summed E-state index contributed by atoms with van der Waals surface area (Å²) in [6.45, 7) is 0.0341. The van der Waals surface area contributed by atoms with Crippen molar-refractivity contribution in [3.63, 3.8) is 0 Å². The summed E-state index contributed by atoms with van der Waals surface area (Å²) in [5.74, 6) is -2.36. The van der Waals surface area contributed by atoms with E-state index in [1.165, 1.54) is 36.9 Å². The second-order valence-electron chi connectivity index (χ2n) is 5.48. The lowest BCUT2D eigenvalue weighted by atomic mass is 9.99. The van der Waals surface area contributed by atoms with Crippen molar-refractivity contribution in [1.82, 2.24) is 14.8 Å². The zero-order chi connectivity index (χ0) is 18.7. The third kappa shape index (κ3) is 3.95. The molecule has 1 heterocycles. The van der Waals surface area contributed by atoms with Gasteiger partial charge < -0.3 is 10.4 Å². The van der Waals surface area contributed by atoms with Gasteiger partial charge in [-0.3, -0.25) is 9.36 Å². The Balaban J connectivity index is 1.81. The minimum atomic E-state index is -1.04. The molecule has 0 radical (unpaired) electrons. The molecule has 0 aliphatic carbocycles. The molecular formula is C17H13Cl2FN4O2. The van der Waals surface area contributed by atoms with Gasteiger partial charge in [-0.05, 0) is 29.8 Å². The van der Waals surface area contributed by atoms with E-state index in [1.807, 2.05) is 0 Å². The Hall–Kier alpha value is -2.64. The number of carboxylic acids is 1. The van der Waals surface area contributed by atoms with Crippen LogP contribution in [0.15, 0.2) is 49.1 Å². The number of aromatic nitrogens is 3. The van der Waals surface area contributed by atoms with E-state index in [1.54, 1.807) is 16.7 Å². The molecule has 26 heavy (non-hydrogen) atoms. The van der Waals surface area contributed by atoms with Crippen LogP contribution in [-0.4, -0.2) is 32.4 Å². The summed E-state index contributed by atoms with van der Waals surface area (Å²) >= 11 is 12.6. The number of nitrogens with one attached hydrogen (secondary N) is 1. The van der Waals surface area contributed by atoms with Crippen molar-refractivity contribution < 1.29 is 14.3 Å². The summed E-state index contributed by atoms with van der Waals surface area (Å²) in [5.41, 5.74) is 1.56. The topological polar surface area (TPSA) is 80.0 Å². The monoisotopic (exact) mass is 394 g/mol. The number of rotatable bonds is 6. The molecule has 1 atom stereocenters. The molecule has 3 rings (SSSR count). The standard InChI is InChI=1S/C17H13Cl2FN4O2/c18-14-5-12(24-8-22-23-9-24)6-15(19)16(14)21-7-13(17(25)26)10-1-3-11(20)4-2-10/h1-6,8-9,13,21H,7H2,(H,25,26). The third-order valence-corrected chi connectivity index (χ3v) is 4.39. The average molecular weight is 395 g/mol. The van der Waals surface area contributed by atoms with E-state index in [-0.39, 0.29) is 6.54 Å². The van der Waals surface area contributed by atoms with Gasteiger partial charge in [0.15, 0.2) is 0 Å². The van der Waals surface area contributed by atoms with E-state index in [9.17, 15) is 14.3 Å². The first-order valence-corrected chi connectivity index (χ1v) is 8.27. The van der Waals surface area contributed by atoms with E-state index < -0.39 is 17.7 Å². The van der Waals surface area contributed by atoms with Gasteiger partial charge in [-0.2, -0.15) is 0 Å². The van der Waals surface area contributed by atoms with Crippen molar-refractivity contribution in [3.8, 4) is 5.69 Å². The van der Waals surface area contributed by atoms with E-state index >= 15 is 0 Å². The van der Waals surface area contributed by atoms with Crippen LogP contribution < -0.4 is 5.32 Å². The molecule has 2 aromatic carbocycles. The van der Waals surface area contributed by atoms with Gasteiger partial charge in [-0.15, -0.1) is 10.2 Å². The highest BCUT2D eigenvalue weighted by atomic mass is 35.5. The van der Waals surface area contributed by atoms with Crippen molar-refractivity contribution >= 4 is 34.9 Å². The first kappa shape index (κ1) is 18.2. The molecule has 0 saturated heterocycles. The molecule has 0 aliphatic rings. The van der Waals surface area contributed by atoms with Gasteiger partial charge in [0.05, 0.1) is 27.3 Å². The van der Waals surface area contributed by atoms with Crippen molar-refractivity contribution in [2.75, 3.05) is 11.9 Å². The van der Waals surface area contributed by atoms with Crippen LogP contribution >= 0.6 is 23.2 Å². The summed E-state index contributed by atoms with van der Waals surface area (Å²) < 4.78 is 14.7. The van der Waals surface area contributed by atoms with Gasteiger partial charge in [-0.1, -0.05) is 35.3 Å². The van der Waals surface area contributed by atoms with Crippen LogP contribution in [0.1, 0.15) is 11.5 Å².